The number of nitrogens with one attached hydrogen (secondary N) is 1. The minimum Gasteiger partial charge on any atom is -0.493 e. The van der Waals surface area contributed by atoms with Crippen molar-refractivity contribution in [1.82, 2.24) is 20.5 Å². The molecule has 0 saturated carbocycles. The van der Waals surface area contributed by atoms with Gasteiger partial charge in [0.2, 0.25) is 11.8 Å². The molecule has 0 aliphatic rings. The molecule has 2 heterocycles. The van der Waals surface area contributed by atoms with Gasteiger partial charge in [-0.2, -0.15) is 0 Å². The smallest absolute Gasteiger partial charge is 0.247 e. The highest BCUT2D eigenvalue weighted by Gasteiger charge is 2.09. The number of hydrogen-bond donors (Lipinski definition) is 1. The van der Waals surface area contributed by atoms with Crippen molar-refractivity contribution in [1.29, 1.82) is 0 Å². The van der Waals surface area contributed by atoms with Crippen molar-refractivity contribution in [3.05, 3.63) is 96.1 Å². The predicted molar refractivity (Wildman–Crippen MR) is 123 cm³/mol. The van der Waals surface area contributed by atoms with E-state index in [-0.39, 0.29) is 0 Å². The summed E-state index contributed by atoms with van der Waals surface area (Å²) in [4.78, 5) is 4.03. The van der Waals surface area contributed by atoms with Gasteiger partial charge in [-0.15, -0.1) is 22.0 Å². The van der Waals surface area contributed by atoms with Gasteiger partial charge in [0.05, 0.1) is 12.4 Å². The molecular weight excluding hydrogens is 408 g/mol. The first-order valence-corrected chi connectivity index (χ1v) is 11.3. The average molecular weight is 433 g/mol. The third-order valence-corrected chi connectivity index (χ3v) is 5.45. The van der Waals surface area contributed by atoms with Crippen LogP contribution < -0.4 is 10.1 Å². The first-order valence-electron chi connectivity index (χ1n) is 10.1. The number of nitrogens with zero attached hydrogens (tertiary/aromatic N) is 3. The Labute approximate surface area is 186 Å². The quantitative estimate of drug-likeness (QED) is 0.343. The number of hydrogen-bond acceptors (Lipinski definition) is 7. The van der Waals surface area contributed by atoms with Crippen molar-refractivity contribution in [2.75, 3.05) is 12.4 Å². The predicted octanol–water partition coefficient (Wildman–Crippen LogP) is 4.73. The van der Waals surface area contributed by atoms with E-state index in [0.29, 0.717) is 24.1 Å². The number of pyridine rings is 1. The third kappa shape index (κ3) is 6.67. The Morgan fingerprint density at radius 3 is 2.35 bits per heavy atom. The van der Waals surface area contributed by atoms with Crippen LogP contribution in [0, 0.1) is 0 Å². The first kappa shape index (κ1) is 21.1. The van der Waals surface area contributed by atoms with Crippen LogP contribution in [0.5, 0.6) is 5.75 Å². The molecule has 1 N–H and O–H groups in total. The number of ether oxygens (including phenoxy) is 1. The van der Waals surface area contributed by atoms with E-state index in [4.69, 9.17) is 9.15 Å². The lowest BCUT2D eigenvalue weighted by molar-refractivity contribution is 0.344. The van der Waals surface area contributed by atoms with Crippen molar-refractivity contribution in [2.45, 2.75) is 18.8 Å². The van der Waals surface area contributed by atoms with E-state index in [1.165, 1.54) is 11.1 Å². The molecule has 4 aromatic rings. The van der Waals surface area contributed by atoms with E-state index in [1.807, 2.05) is 67.0 Å². The summed E-state index contributed by atoms with van der Waals surface area (Å²) in [6.07, 6.45) is 3.61. The lowest BCUT2D eigenvalue weighted by Gasteiger charge is -2.05. The van der Waals surface area contributed by atoms with Crippen molar-refractivity contribution in [3.63, 3.8) is 0 Å². The van der Waals surface area contributed by atoms with Crippen LogP contribution in [0.4, 0.5) is 0 Å². The normalized spacial score (nSPS) is 10.8. The van der Waals surface area contributed by atoms with Gasteiger partial charge >= 0.3 is 0 Å². The minimum atomic E-state index is 0.549. The van der Waals surface area contributed by atoms with Gasteiger partial charge in [-0.05, 0) is 47.5 Å². The second kappa shape index (κ2) is 11.3. The molecule has 0 fully saturated rings. The van der Waals surface area contributed by atoms with Gasteiger partial charge < -0.3 is 14.5 Å². The largest absolute Gasteiger partial charge is 0.493 e. The minimum absolute atomic E-state index is 0.549. The molecule has 0 spiro atoms. The van der Waals surface area contributed by atoms with Crippen LogP contribution in [-0.2, 0) is 18.8 Å². The maximum Gasteiger partial charge on any atom is 0.247 e. The van der Waals surface area contributed by atoms with Gasteiger partial charge in [0, 0.05) is 36.8 Å². The van der Waals surface area contributed by atoms with Gasteiger partial charge in [-0.25, -0.2) is 0 Å². The van der Waals surface area contributed by atoms with Crippen molar-refractivity contribution in [3.8, 4) is 17.2 Å². The monoisotopic (exact) mass is 432 g/mol. The summed E-state index contributed by atoms with van der Waals surface area (Å²) in [6.45, 7) is 2.25. The number of benzene rings is 2. The molecular formula is C24H24N4O2S. The van der Waals surface area contributed by atoms with E-state index < -0.39 is 0 Å². The summed E-state index contributed by atoms with van der Waals surface area (Å²) in [6, 6.07) is 22.0. The summed E-state index contributed by atoms with van der Waals surface area (Å²) >= 11 is 1.71. The average Bonchev–Trinajstić information content (AvgIpc) is 3.30. The molecule has 31 heavy (non-hydrogen) atoms. The summed E-state index contributed by atoms with van der Waals surface area (Å²) < 4.78 is 11.5. The molecule has 0 aliphatic carbocycles. The second-order valence-corrected chi connectivity index (χ2v) is 7.98. The van der Waals surface area contributed by atoms with Crippen LogP contribution in [0.15, 0.2) is 83.5 Å². The van der Waals surface area contributed by atoms with Crippen LogP contribution in [0.3, 0.4) is 0 Å². The van der Waals surface area contributed by atoms with Crippen LogP contribution in [0.25, 0.3) is 11.5 Å². The fourth-order valence-corrected chi connectivity index (χ4v) is 3.58. The van der Waals surface area contributed by atoms with Gasteiger partial charge in [-0.3, -0.25) is 4.98 Å². The van der Waals surface area contributed by atoms with Crippen molar-refractivity contribution >= 4 is 11.8 Å². The fourth-order valence-electron chi connectivity index (χ4n) is 2.94. The molecule has 0 amide bonds. The van der Waals surface area contributed by atoms with Gasteiger partial charge in [0.1, 0.15) is 5.75 Å². The maximum atomic E-state index is 5.81. The summed E-state index contributed by atoms with van der Waals surface area (Å²) in [5.41, 5.74) is 3.34. The van der Waals surface area contributed by atoms with E-state index in [0.717, 1.165) is 30.2 Å². The van der Waals surface area contributed by atoms with Crippen LogP contribution in [0.1, 0.15) is 17.0 Å². The molecule has 0 unspecified atom stereocenters. The Bertz CT molecular complexity index is 1040. The highest BCUT2D eigenvalue weighted by atomic mass is 32.2. The zero-order valence-corrected chi connectivity index (χ0v) is 17.9. The van der Waals surface area contributed by atoms with Crippen LogP contribution in [-0.4, -0.2) is 27.5 Å². The number of aromatic nitrogens is 3. The van der Waals surface area contributed by atoms with Crippen molar-refractivity contribution in [2.24, 2.45) is 0 Å². The van der Waals surface area contributed by atoms with Crippen molar-refractivity contribution < 1.29 is 9.15 Å². The molecule has 2 aromatic carbocycles. The molecule has 0 aliphatic heterocycles. The molecule has 0 bridgehead atoms. The Morgan fingerprint density at radius 1 is 0.839 bits per heavy atom. The van der Waals surface area contributed by atoms with E-state index in [2.05, 4.69) is 32.6 Å². The molecule has 0 saturated heterocycles. The highest BCUT2D eigenvalue weighted by Crippen LogP contribution is 2.20. The molecule has 7 heteroatoms. The second-order valence-electron chi connectivity index (χ2n) is 6.87. The summed E-state index contributed by atoms with van der Waals surface area (Å²) in [5, 5.41) is 11.8. The van der Waals surface area contributed by atoms with E-state index in [1.54, 1.807) is 11.8 Å². The number of rotatable bonds is 11. The van der Waals surface area contributed by atoms with E-state index in [9.17, 15) is 0 Å². The maximum absolute atomic E-state index is 5.81. The zero-order chi connectivity index (χ0) is 21.1. The van der Waals surface area contributed by atoms with Gasteiger partial charge in [0.25, 0.3) is 0 Å². The Morgan fingerprint density at radius 2 is 1.58 bits per heavy atom. The highest BCUT2D eigenvalue weighted by molar-refractivity contribution is 7.98. The summed E-state index contributed by atoms with van der Waals surface area (Å²) in [7, 11) is 0. The lowest BCUT2D eigenvalue weighted by Crippen LogP contribution is -2.12. The molecule has 6 nitrogen and oxygen atoms in total. The summed E-state index contributed by atoms with van der Waals surface area (Å²) in [5.74, 6) is 3.59. The Balaban J connectivity index is 1.19. The standard InChI is InChI=1S/C24H24N4O2S/c1-2-4-22(5-3-1)29-14-15-31-18-23-27-28-24(30-23)21-8-6-19(7-9-21)16-26-17-20-10-12-25-13-11-20/h1-13,26H,14-18H2. The topological polar surface area (TPSA) is 73.1 Å². The Kier molecular flexibility index (Phi) is 7.68. The Hall–Kier alpha value is -3.16. The number of para-hydroxylation sites is 1. The molecule has 0 atom stereocenters. The third-order valence-electron chi connectivity index (χ3n) is 4.54. The van der Waals surface area contributed by atoms with Gasteiger partial charge in [-0.1, -0.05) is 30.3 Å². The van der Waals surface area contributed by atoms with Crippen LogP contribution in [0.2, 0.25) is 0 Å². The molecule has 158 valence electrons. The fraction of sp³-hybridized carbons (Fsp3) is 0.208. The first-order chi connectivity index (χ1) is 15.4. The molecule has 4 rings (SSSR count). The lowest BCUT2D eigenvalue weighted by atomic mass is 10.1. The SMILES string of the molecule is c1ccc(OCCSCc2nnc(-c3ccc(CNCc4ccncc4)cc3)o2)cc1. The van der Waals surface area contributed by atoms with Crippen LogP contribution >= 0.6 is 11.8 Å². The molecule has 2 aromatic heterocycles. The van der Waals surface area contributed by atoms with E-state index >= 15 is 0 Å². The number of thioether (sulfide) groups is 1. The van der Waals surface area contributed by atoms with Gasteiger partial charge in [0.15, 0.2) is 0 Å². The molecule has 0 radical (unpaired) electrons. The zero-order valence-electron chi connectivity index (χ0n) is 17.1.